The molecule has 0 nitrogen and oxygen atoms in total. The van der Waals surface area contributed by atoms with E-state index < -0.39 is 24.6 Å². The maximum absolute atomic E-state index is 11.2. The number of rotatable bonds is 0. The van der Waals surface area contributed by atoms with Gasteiger partial charge in [-0.1, -0.05) is 0 Å². The van der Waals surface area contributed by atoms with E-state index in [9.17, 15) is 8.78 Å². The van der Waals surface area contributed by atoms with Crippen molar-refractivity contribution in [2.75, 3.05) is 0 Å². The van der Waals surface area contributed by atoms with Crippen molar-refractivity contribution in [2.45, 2.75) is 3.94 Å². The van der Waals surface area contributed by atoms with E-state index in [2.05, 4.69) is 0 Å². The van der Waals surface area contributed by atoms with Crippen molar-refractivity contribution in [1.29, 1.82) is 0 Å². The van der Waals surface area contributed by atoms with E-state index in [1.54, 1.807) is 0 Å². The molecular weight excluding hydrogens is 181 g/mol. The fourth-order valence-electron chi connectivity index (χ4n) is 0.0546. The molecule has 1 radical (unpaired) electrons. The average molecular weight is 182 g/mol. The summed E-state index contributed by atoms with van der Waals surface area (Å²) < 4.78 is 21.2. The zero-order valence-electron chi connectivity index (χ0n) is 2.33. The summed E-state index contributed by atoms with van der Waals surface area (Å²) in [6.07, 6.45) is 0. The fraction of sp³-hybridized carbons (Fsp3) is 0.500. The number of halogens is 2. The van der Waals surface area contributed by atoms with Crippen LogP contribution >= 0.6 is 0 Å². The summed E-state index contributed by atoms with van der Waals surface area (Å²) in [4.78, 5) is 0. The van der Waals surface area contributed by atoms with Gasteiger partial charge in [-0.15, -0.1) is 0 Å². The van der Waals surface area contributed by atoms with Crippen molar-refractivity contribution in [3.63, 3.8) is 0 Å². The Hall–Kier alpha value is 0.529. The summed E-state index contributed by atoms with van der Waals surface area (Å²) >= 11 is -1.18. The Morgan fingerprint density at radius 2 is 1.80 bits per heavy atom. The Kier molecular flexibility index (Phi) is 0.575. The van der Waals surface area contributed by atoms with Gasteiger partial charge in [-0.05, 0) is 0 Å². The van der Waals surface area contributed by atoms with Gasteiger partial charge in [0.15, 0.2) is 0 Å². The van der Waals surface area contributed by atoms with E-state index in [0.717, 1.165) is 4.02 Å². The first-order chi connectivity index (χ1) is 2.21. The summed E-state index contributed by atoms with van der Waals surface area (Å²) in [5, 5.41) is 0. The van der Waals surface area contributed by atoms with Crippen molar-refractivity contribution in [2.24, 2.45) is 0 Å². The first kappa shape index (κ1) is 3.71. The van der Waals surface area contributed by atoms with E-state index in [0.29, 0.717) is 0 Å². The van der Waals surface area contributed by atoms with Crippen LogP contribution < -0.4 is 0 Å². The van der Waals surface area contributed by atoms with Crippen LogP contribution in [0, 0.1) is 0 Å². The van der Waals surface area contributed by atoms with Gasteiger partial charge in [0.25, 0.3) is 0 Å². The molecule has 0 amide bonds. The van der Waals surface area contributed by atoms with Gasteiger partial charge in [0.1, 0.15) is 0 Å². The topological polar surface area (TPSA) is 0 Å². The number of alkyl halides is 2. The van der Waals surface area contributed by atoms with Gasteiger partial charge < -0.3 is 0 Å². The molecule has 1 heterocycles. The molecule has 1 rings (SSSR count). The standard InChI is InChI=1S/C2HF2.Sn/c1-2(3)4;/h1H;. The fourth-order valence-corrected chi connectivity index (χ4v) is 0.366. The molecule has 0 bridgehead atoms. The summed E-state index contributed by atoms with van der Waals surface area (Å²) in [5.41, 5.74) is 0. The van der Waals surface area contributed by atoms with Crippen molar-refractivity contribution in [1.82, 2.24) is 0 Å². The van der Waals surface area contributed by atoms with Gasteiger partial charge in [0, 0.05) is 0 Å². The third-order valence-corrected chi connectivity index (χ3v) is 2.43. The van der Waals surface area contributed by atoms with Gasteiger partial charge in [-0.3, -0.25) is 0 Å². The molecule has 3 heteroatoms. The molecule has 0 aromatic heterocycles. The summed E-state index contributed by atoms with van der Waals surface area (Å²) in [5.74, 6) is 0. The van der Waals surface area contributed by atoms with E-state index in [1.807, 2.05) is 0 Å². The van der Waals surface area contributed by atoms with E-state index in [1.165, 1.54) is 0 Å². The molecule has 0 aromatic carbocycles. The van der Waals surface area contributed by atoms with E-state index in [-0.39, 0.29) is 0 Å². The predicted octanol–water partition coefficient (Wildman–Crippen LogP) is 0.0992. The van der Waals surface area contributed by atoms with Crippen LogP contribution in [0.4, 0.5) is 8.78 Å². The first-order valence-corrected chi connectivity index (χ1v) is 4.28. The second-order valence-corrected chi connectivity index (χ2v) is 4.46. The summed E-state index contributed by atoms with van der Waals surface area (Å²) in [7, 11) is 0. The Morgan fingerprint density at radius 1 is 1.60 bits per heavy atom. The van der Waals surface area contributed by atoms with Crippen LogP contribution in [-0.2, 0) is 0 Å². The first-order valence-electron chi connectivity index (χ1n) is 1.21. The molecule has 1 aliphatic heterocycles. The molecule has 0 saturated carbocycles. The van der Waals surface area contributed by atoms with Crippen LogP contribution in [0.15, 0.2) is 0 Å². The third-order valence-electron chi connectivity index (χ3n) is 0.363. The zero-order chi connectivity index (χ0) is 3.91. The predicted molar refractivity (Wildman–Crippen MR) is 16.8 cm³/mol. The normalized spacial score (nSPS) is 26.8. The molecule has 0 aliphatic carbocycles. The molecule has 0 aromatic rings. The second kappa shape index (κ2) is 0.775. The molecule has 27 valence electrons. The van der Waals surface area contributed by atoms with Crippen molar-refractivity contribution < 1.29 is 8.78 Å². The van der Waals surface area contributed by atoms with Crippen LogP contribution in [-0.4, -0.2) is 28.6 Å². The zero-order valence-corrected chi connectivity index (χ0v) is 5.19. The van der Waals surface area contributed by atoms with Gasteiger partial charge in [0.2, 0.25) is 0 Å². The van der Waals surface area contributed by atoms with Gasteiger partial charge in [-0.2, -0.15) is 0 Å². The van der Waals surface area contributed by atoms with Crippen LogP contribution in [0.25, 0.3) is 0 Å². The number of hydrogen-bond acceptors (Lipinski definition) is 0. The van der Waals surface area contributed by atoms with E-state index >= 15 is 0 Å². The van der Waals surface area contributed by atoms with Gasteiger partial charge >= 0.3 is 37.4 Å². The summed E-state index contributed by atoms with van der Waals surface area (Å²) in [6.45, 7) is 0. The minimum atomic E-state index is -2.20. The van der Waals surface area contributed by atoms with Crippen LogP contribution in [0.5, 0.6) is 0 Å². The average Bonchev–Trinajstić information content (AvgIpc) is 1.76. The second-order valence-electron chi connectivity index (χ2n) is 0.912. The molecule has 0 N–H and O–H groups in total. The molecule has 0 saturated heterocycles. The van der Waals surface area contributed by atoms with Gasteiger partial charge in [0.05, 0.1) is 0 Å². The Morgan fingerprint density at radius 3 is 1.80 bits per heavy atom. The molecule has 0 fully saturated rings. The Bertz CT molecular complexity index is 67.7. The maximum atomic E-state index is 11.2. The van der Waals surface area contributed by atoms with Gasteiger partial charge in [-0.25, -0.2) is 0 Å². The van der Waals surface area contributed by atoms with Crippen molar-refractivity contribution >= 4 is 24.7 Å². The Labute approximate surface area is 37.9 Å². The quantitative estimate of drug-likeness (QED) is 0.466. The third kappa shape index (κ3) is 0.947. The van der Waals surface area contributed by atoms with Crippen LogP contribution in [0.2, 0.25) is 0 Å². The van der Waals surface area contributed by atoms with Crippen molar-refractivity contribution in [3.8, 4) is 0 Å². The SMILES string of the molecule is F[C]1(F)[CH]=[Sn]1. The summed E-state index contributed by atoms with van der Waals surface area (Å²) in [6, 6.07) is 0. The molecule has 0 spiro atoms. The number of hydrogen-bond donors (Lipinski definition) is 0. The minimum absolute atomic E-state index is 1.15. The van der Waals surface area contributed by atoms with E-state index in [4.69, 9.17) is 0 Å². The van der Waals surface area contributed by atoms with Crippen LogP contribution in [0.3, 0.4) is 0 Å². The Balaban J connectivity index is 2.47. The monoisotopic (exact) mass is 183 g/mol. The molecule has 1 aliphatic rings. The van der Waals surface area contributed by atoms with Crippen LogP contribution in [0.1, 0.15) is 0 Å². The molecule has 0 atom stereocenters. The van der Waals surface area contributed by atoms with Crippen molar-refractivity contribution in [3.05, 3.63) is 0 Å². The molecular formula is C2HF2Sn. The molecule has 5 heavy (non-hydrogen) atoms. The molecule has 0 unspecified atom stereocenters.